The summed E-state index contributed by atoms with van der Waals surface area (Å²) in [6.45, 7) is 2.01. The third kappa shape index (κ3) is 4.28. The lowest BCUT2D eigenvalue weighted by Crippen LogP contribution is -3.05. The molecule has 1 amide bonds. The number of benzene rings is 1. The van der Waals surface area contributed by atoms with Crippen molar-refractivity contribution in [1.82, 2.24) is 5.32 Å². The molecule has 0 aliphatic carbocycles. The van der Waals surface area contributed by atoms with Crippen LogP contribution >= 0.6 is 0 Å². The second-order valence-corrected chi connectivity index (χ2v) is 5.05. The highest BCUT2D eigenvalue weighted by Crippen LogP contribution is 2.32. The number of carbonyl (C=O) groups excluding carboxylic acids is 1. The predicted octanol–water partition coefficient (Wildman–Crippen LogP) is 0.0793. The molecule has 0 aromatic heterocycles. The molecule has 5 heteroatoms. The first-order valence-corrected chi connectivity index (χ1v) is 6.80. The second-order valence-electron chi connectivity index (χ2n) is 5.05. The summed E-state index contributed by atoms with van der Waals surface area (Å²) in [5, 5.41) is 2.87. The zero-order valence-corrected chi connectivity index (χ0v) is 11.9. The van der Waals surface area contributed by atoms with Crippen molar-refractivity contribution < 1.29 is 19.2 Å². The highest BCUT2D eigenvalue weighted by molar-refractivity contribution is 5.91. The van der Waals surface area contributed by atoms with Gasteiger partial charge in [0.25, 0.3) is 0 Å². The van der Waals surface area contributed by atoms with Crippen molar-refractivity contribution in [3.63, 3.8) is 0 Å². The zero-order valence-electron chi connectivity index (χ0n) is 11.9. The van der Waals surface area contributed by atoms with Crippen LogP contribution in [0.1, 0.15) is 12.0 Å². The summed E-state index contributed by atoms with van der Waals surface area (Å²) in [6.07, 6.45) is 4.29. The van der Waals surface area contributed by atoms with Crippen LogP contribution in [0.5, 0.6) is 11.5 Å². The summed E-state index contributed by atoms with van der Waals surface area (Å²) in [7, 11) is 4.20. The number of amides is 1. The quantitative estimate of drug-likeness (QED) is 0.572. The van der Waals surface area contributed by atoms with Gasteiger partial charge in [0.2, 0.25) is 12.7 Å². The molecule has 1 aliphatic heterocycles. The minimum absolute atomic E-state index is 0.0728. The Morgan fingerprint density at radius 1 is 1.35 bits per heavy atom. The number of fused-ring (bicyclic) bond motifs is 1. The Labute approximate surface area is 119 Å². The summed E-state index contributed by atoms with van der Waals surface area (Å²) < 4.78 is 10.5. The lowest BCUT2D eigenvalue weighted by atomic mass is 10.2. The van der Waals surface area contributed by atoms with Crippen molar-refractivity contribution in [3.8, 4) is 11.5 Å². The first-order valence-electron chi connectivity index (χ1n) is 6.80. The Hall–Kier alpha value is -2.01. The third-order valence-electron chi connectivity index (χ3n) is 2.98. The van der Waals surface area contributed by atoms with E-state index in [0.717, 1.165) is 30.0 Å². The van der Waals surface area contributed by atoms with Gasteiger partial charge in [-0.05, 0) is 23.8 Å². The van der Waals surface area contributed by atoms with Crippen molar-refractivity contribution in [2.75, 3.05) is 34.0 Å². The maximum atomic E-state index is 11.6. The van der Waals surface area contributed by atoms with E-state index in [1.165, 1.54) is 4.90 Å². The van der Waals surface area contributed by atoms with Crippen molar-refractivity contribution >= 4 is 12.0 Å². The standard InChI is InChI=1S/C15H20N2O3/c1-17(2)9-3-8-16-15(18)7-5-12-4-6-13-14(10-12)20-11-19-13/h4-7,10H,3,8-9,11H2,1-2H3,(H,16,18)/p+1/b7-5+. The number of rotatable bonds is 6. The molecule has 1 aromatic rings. The number of carbonyl (C=O) groups is 1. The van der Waals surface area contributed by atoms with Crippen molar-refractivity contribution in [3.05, 3.63) is 29.8 Å². The second kappa shape index (κ2) is 6.96. The minimum atomic E-state index is -0.0728. The molecule has 0 saturated carbocycles. The lowest BCUT2D eigenvalue weighted by molar-refractivity contribution is -0.858. The van der Waals surface area contributed by atoms with E-state index in [-0.39, 0.29) is 12.7 Å². The van der Waals surface area contributed by atoms with Gasteiger partial charge in [-0.3, -0.25) is 4.79 Å². The SMILES string of the molecule is C[NH+](C)CCCNC(=O)/C=C/c1ccc2c(c1)OCO2. The minimum Gasteiger partial charge on any atom is -0.454 e. The van der Waals surface area contributed by atoms with E-state index >= 15 is 0 Å². The number of quaternary nitrogens is 1. The average Bonchev–Trinajstić information content (AvgIpc) is 2.88. The highest BCUT2D eigenvalue weighted by atomic mass is 16.7. The molecule has 2 N–H and O–H groups in total. The predicted molar refractivity (Wildman–Crippen MR) is 76.9 cm³/mol. The molecule has 0 spiro atoms. The van der Waals surface area contributed by atoms with Crippen molar-refractivity contribution in [2.24, 2.45) is 0 Å². The molecule has 1 heterocycles. The van der Waals surface area contributed by atoms with E-state index in [1.807, 2.05) is 18.2 Å². The van der Waals surface area contributed by atoms with E-state index in [9.17, 15) is 4.79 Å². The maximum absolute atomic E-state index is 11.6. The van der Waals surface area contributed by atoms with Crippen LogP contribution in [-0.2, 0) is 4.79 Å². The van der Waals surface area contributed by atoms with Gasteiger partial charge in [-0.15, -0.1) is 0 Å². The van der Waals surface area contributed by atoms with Crippen molar-refractivity contribution in [1.29, 1.82) is 0 Å². The van der Waals surface area contributed by atoms with E-state index in [2.05, 4.69) is 19.4 Å². The molecule has 1 aromatic carbocycles. The molecule has 0 unspecified atom stereocenters. The summed E-state index contributed by atoms with van der Waals surface area (Å²) >= 11 is 0. The molecule has 108 valence electrons. The van der Waals surface area contributed by atoms with Crippen LogP contribution in [-0.4, -0.2) is 39.9 Å². The Balaban J connectivity index is 1.79. The van der Waals surface area contributed by atoms with Crippen LogP contribution in [0.25, 0.3) is 6.08 Å². The van der Waals surface area contributed by atoms with Crippen LogP contribution in [0, 0.1) is 0 Å². The molecule has 0 radical (unpaired) electrons. The van der Waals surface area contributed by atoms with E-state index in [0.29, 0.717) is 6.54 Å². The summed E-state index contributed by atoms with van der Waals surface area (Å²) in [4.78, 5) is 13.0. The summed E-state index contributed by atoms with van der Waals surface area (Å²) in [5.41, 5.74) is 0.919. The van der Waals surface area contributed by atoms with Gasteiger partial charge in [0.15, 0.2) is 11.5 Å². The number of hydrogen-bond donors (Lipinski definition) is 2. The Bertz CT molecular complexity index is 498. The largest absolute Gasteiger partial charge is 0.454 e. The molecule has 0 atom stereocenters. The van der Waals surface area contributed by atoms with Gasteiger partial charge in [-0.25, -0.2) is 0 Å². The van der Waals surface area contributed by atoms with E-state index in [1.54, 1.807) is 12.2 Å². The normalized spacial score (nSPS) is 13.2. The van der Waals surface area contributed by atoms with Gasteiger partial charge in [0, 0.05) is 19.0 Å². The molecule has 5 nitrogen and oxygen atoms in total. The topological polar surface area (TPSA) is 52.0 Å². The van der Waals surface area contributed by atoms with Crippen molar-refractivity contribution in [2.45, 2.75) is 6.42 Å². The summed E-state index contributed by atoms with van der Waals surface area (Å²) in [5.74, 6) is 1.40. The molecule has 1 aliphatic rings. The maximum Gasteiger partial charge on any atom is 0.244 e. The van der Waals surface area contributed by atoms with Gasteiger partial charge in [0.05, 0.1) is 20.6 Å². The first kappa shape index (κ1) is 14.4. The van der Waals surface area contributed by atoms with Gasteiger partial charge in [-0.1, -0.05) is 6.07 Å². The molecule has 20 heavy (non-hydrogen) atoms. The smallest absolute Gasteiger partial charge is 0.244 e. The van der Waals surface area contributed by atoms with Crippen LogP contribution < -0.4 is 19.7 Å². The average molecular weight is 277 g/mol. The fraction of sp³-hybridized carbons (Fsp3) is 0.400. The van der Waals surface area contributed by atoms with Crippen LogP contribution in [0.4, 0.5) is 0 Å². The highest BCUT2D eigenvalue weighted by Gasteiger charge is 2.12. The molecule has 0 saturated heterocycles. The Kier molecular flexibility index (Phi) is 5.01. The molecule has 0 fully saturated rings. The molecular formula is C15H21N2O3+. The van der Waals surface area contributed by atoms with Gasteiger partial charge >= 0.3 is 0 Å². The molecule has 2 rings (SSSR count). The monoisotopic (exact) mass is 277 g/mol. The number of ether oxygens (including phenoxy) is 2. The molecular weight excluding hydrogens is 256 g/mol. The first-order chi connectivity index (χ1) is 9.65. The van der Waals surface area contributed by atoms with Crippen LogP contribution in [0.15, 0.2) is 24.3 Å². The fourth-order valence-electron chi connectivity index (χ4n) is 1.90. The van der Waals surface area contributed by atoms with E-state index in [4.69, 9.17) is 9.47 Å². The van der Waals surface area contributed by atoms with Gasteiger partial charge in [0.1, 0.15) is 0 Å². The third-order valence-corrected chi connectivity index (χ3v) is 2.98. The Morgan fingerprint density at radius 2 is 2.15 bits per heavy atom. The number of hydrogen-bond acceptors (Lipinski definition) is 3. The van der Waals surface area contributed by atoms with E-state index < -0.39 is 0 Å². The van der Waals surface area contributed by atoms with Crippen LogP contribution in [0.3, 0.4) is 0 Å². The Morgan fingerprint density at radius 3 is 2.95 bits per heavy atom. The zero-order chi connectivity index (χ0) is 14.4. The lowest BCUT2D eigenvalue weighted by Gasteiger charge is -2.06. The number of nitrogens with one attached hydrogen (secondary N) is 2. The van der Waals surface area contributed by atoms with Crippen LogP contribution in [0.2, 0.25) is 0 Å². The summed E-state index contributed by atoms with van der Waals surface area (Å²) in [6, 6.07) is 5.61. The molecule has 0 bridgehead atoms. The fourth-order valence-corrected chi connectivity index (χ4v) is 1.90. The van der Waals surface area contributed by atoms with Gasteiger partial charge < -0.3 is 19.7 Å². The van der Waals surface area contributed by atoms with Gasteiger partial charge in [-0.2, -0.15) is 0 Å².